The van der Waals surface area contributed by atoms with Crippen LogP contribution in [0, 0.1) is 12.8 Å². The molecule has 21 heavy (non-hydrogen) atoms. The van der Waals surface area contributed by atoms with E-state index in [2.05, 4.69) is 35.8 Å². The van der Waals surface area contributed by atoms with Gasteiger partial charge in [0.25, 0.3) is 0 Å². The number of aliphatic hydroxyl groups is 1. The van der Waals surface area contributed by atoms with Crippen molar-refractivity contribution in [2.45, 2.75) is 18.8 Å². The second-order valence-electron chi connectivity index (χ2n) is 5.27. The Bertz CT molecular complexity index is 459. The lowest BCUT2D eigenvalue weighted by atomic mass is 10.1. The van der Waals surface area contributed by atoms with Crippen LogP contribution in [0.5, 0.6) is 0 Å². The highest BCUT2D eigenvalue weighted by molar-refractivity contribution is 7.99. The van der Waals surface area contributed by atoms with E-state index in [-0.39, 0.29) is 30.3 Å². The zero-order valence-corrected chi connectivity index (χ0v) is 13.8. The van der Waals surface area contributed by atoms with Gasteiger partial charge in [-0.1, -0.05) is 29.8 Å². The molecule has 0 bridgehead atoms. The van der Waals surface area contributed by atoms with E-state index in [9.17, 15) is 9.90 Å². The van der Waals surface area contributed by atoms with E-state index in [1.165, 1.54) is 11.1 Å². The lowest BCUT2D eigenvalue weighted by Gasteiger charge is -2.13. The molecule has 1 heterocycles. The van der Waals surface area contributed by atoms with E-state index < -0.39 is 0 Å². The zero-order chi connectivity index (χ0) is 14.4. The van der Waals surface area contributed by atoms with E-state index in [0.717, 1.165) is 12.3 Å². The maximum atomic E-state index is 11.7. The maximum Gasteiger partial charge on any atom is 0.230 e. The van der Waals surface area contributed by atoms with Crippen LogP contribution in [0.3, 0.4) is 0 Å². The van der Waals surface area contributed by atoms with Gasteiger partial charge in [-0.2, -0.15) is 0 Å². The van der Waals surface area contributed by atoms with Gasteiger partial charge >= 0.3 is 0 Å². The van der Waals surface area contributed by atoms with Gasteiger partial charge in [0.15, 0.2) is 0 Å². The number of halogens is 1. The van der Waals surface area contributed by atoms with Gasteiger partial charge < -0.3 is 15.7 Å². The first-order valence-corrected chi connectivity index (χ1v) is 8.09. The molecule has 1 aromatic carbocycles. The standard InChI is InChI=1S/C15H22N2O2S.ClH/c1-11-3-2-4-12(5-11)9-20-10-15(19)17-7-13-6-16-8-14(13)18;/h2-5,13-14,16,18H,6-10H2,1H3,(H,17,19);1H. The first-order valence-electron chi connectivity index (χ1n) is 6.94. The van der Waals surface area contributed by atoms with Crippen molar-refractivity contribution in [2.24, 2.45) is 5.92 Å². The number of rotatable bonds is 6. The van der Waals surface area contributed by atoms with Gasteiger partial charge in [0.05, 0.1) is 11.9 Å². The van der Waals surface area contributed by atoms with Crippen molar-refractivity contribution < 1.29 is 9.90 Å². The highest BCUT2D eigenvalue weighted by atomic mass is 35.5. The molecule has 1 fully saturated rings. The number of hydrogen-bond acceptors (Lipinski definition) is 4. The summed E-state index contributed by atoms with van der Waals surface area (Å²) in [5.74, 6) is 1.50. The van der Waals surface area contributed by atoms with Crippen LogP contribution in [-0.2, 0) is 10.5 Å². The Balaban J connectivity index is 0.00000220. The van der Waals surface area contributed by atoms with E-state index >= 15 is 0 Å². The predicted octanol–water partition coefficient (Wildman–Crippen LogP) is 1.35. The molecule has 1 amide bonds. The number of aryl methyl sites for hydroxylation is 1. The van der Waals surface area contributed by atoms with Crippen LogP contribution < -0.4 is 10.6 Å². The quantitative estimate of drug-likeness (QED) is 0.737. The molecule has 0 spiro atoms. The van der Waals surface area contributed by atoms with Crippen molar-refractivity contribution in [2.75, 3.05) is 25.4 Å². The minimum absolute atomic E-state index is 0. The molecular weight excluding hydrogens is 308 g/mol. The average molecular weight is 331 g/mol. The second kappa shape index (κ2) is 9.30. The number of amides is 1. The molecule has 2 atom stereocenters. The van der Waals surface area contributed by atoms with Gasteiger partial charge in [-0.25, -0.2) is 0 Å². The number of aliphatic hydroxyl groups excluding tert-OH is 1. The van der Waals surface area contributed by atoms with Crippen molar-refractivity contribution in [1.29, 1.82) is 0 Å². The Labute approximate surface area is 136 Å². The summed E-state index contributed by atoms with van der Waals surface area (Å²) in [6.07, 6.45) is -0.338. The molecule has 6 heteroatoms. The normalized spacial score (nSPS) is 20.9. The minimum atomic E-state index is -0.338. The lowest BCUT2D eigenvalue weighted by Crippen LogP contribution is -2.35. The van der Waals surface area contributed by atoms with Crippen LogP contribution in [0.4, 0.5) is 0 Å². The summed E-state index contributed by atoms with van der Waals surface area (Å²) in [7, 11) is 0. The minimum Gasteiger partial charge on any atom is -0.391 e. The SMILES string of the molecule is Cc1cccc(CSCC(=O)NCC2CNCC2O)c1.Cl. The molecule has 0 saturated carbocycles. The number of benzene rings is 1. The molecule has 0 aromatic heterocycles. The monoisotopic (exact) mass is 330 g/mol. The van der Waals surface area contributed by atoms with Gasteiger partial charge in [0, 0.05) is 31.3 Å². The molecular formula is C15H23ClN2O2S. The van der Waals surface area contributed by atoms with Gasteiger partial charge in [0.2, 0.25) is 5.91 Å². The van der Waals surface area contributed by atoms with E-state index in [1.807, 2.05) is 6.07 Å². The third-order valence-corrected chi connectivity index (χ3v) is 4.45. The average Bonchev–Trinajstić information content (AvgIpc) is 2.82. The number of thioether (sulfide) groups is 1. The van der Waals surface area contributed by atoms with Crippen LogP contribution in [0.25, 0.3) is 0 Å². The maximum absolute atomic E-state index is 11.7. The third-order valence-electron chi connectivity index (χ3n) is 3.45. The van der Waals surface area contributed by atoms with Crippen LogP contribution in [0.2, 0.25) is 0 Å². The van der Waals surface area contributed by atoms with Crippen molar-refractivity contribution in [3.63, 3.8) is 0 Å². The highest BCUT2D eigenvalue weighted by Gasteiger charge is 2.24. The zero-order valence-electron chi connectivity index (χ0n) is 12.2. The topological polar surface area (TPSA) is 61.4 Å². The van der Waals surface area contributed by atoms with Gasteiger partial charge in [-0.15, -0.1) is 24.2 Å². The fourth-order valence-corrected chi connectivity index (χ4v) is 3.09. The summed E-state index contributed by atoms with van der Waals surface area (Å²) >= 11 is 1.62. The van der Waals surface area contributed by atoms with Gasteiger partial charge in [0.1, 0.15) is 0 Å². The molecule has 1 aliphatic rings. The summed E-state index contributed by atoms with van der Waals surface area (Å²) in [5, 5.41) is 15.6. The van der Waals surface area contributed by atoms with E-state index in [0.29, 0.717) is 18.8 Å². The van der Waals surface area contributed by atoms with Crippen LogP contribution in [0.1, 0.15) is 11.1 Å². The fourth-order valence-electron chi connectivity index (χ4n) is 2.29. The molecule has 118 valence electrons. The summed E-state index contributed by atoms with van der Waals surface area (Å²) in [6, 6.07) is 8.34. The Morgan fingerprint density at radius 3 is 2.95 bits per heavy atom. The van der Waals surface area contributed by atoms with Crippen molar-refractivity contribution in [3.05, 3.63) is 35.4 Å². The number of carbonyl (C=O) groups excluding carboxylic acids is 1. The molecule has 2 unspecified atom stereocenters. The Kier molecular flexibility index (Phi) is 8.11. The lowest BCUT2D eigenvalue weighted by molar-refractivity contribution is -0.118. The molecule has 0 radical (unpaired) electrons. The molecule has 1 aromatic rings. The van der Waals surface area contributed by atoms with Gasteiger partial charge in [-0.3, -0.25) is 4.79 Å². The largest absolute Gasteiger partial charge is 0.391 e. The molecule has 2 rings (SSSR count). The number of nitrogens with one attached hydrogen (secondary N) is 2. The smallest absolute Gasteiger partial charge is 0.230 e. The highest BCUT2D eigenvalue weighted by Crippen LogP contribution is 2.13. The molecule has 1 saturated heterocycles. The Morgan fingerprint density at radius 2 is 2.29 bits per heavy atom. The van der Waals surface area contributed by atoms with Crippen molar-refractivity contribution in [1.82, 2.24) is 10.6 Å². The van der Waals surface area contributed by atoms with Crippen molar-refractivity contribution >= 4 is 30.1 Å². The van der Waals surface area contributed by atoms with Crippen LogP contribution in [-0.4, -0.2) is 42.5 Å². The first-order chi connectivity index (χ1) is 9.65. The van der Waals surface area contributed by atoms with E-state index in [1.54, 1.807) is 11.8 Å². The Morgan fingerprint density at radius 1 is 1.48 bits per heavy atom. The van der Waals surface area contributed by atoms with E-state index in [4.69, 9.17) is 0 Å². The molecule has 0 aliphatic carbocycles. The summed E-state index contributed by atoms with van der Waals surface area (Å²) in [5.41, 5.74) is 2.49. The van der Waals surface area contributed by atoms with Crippen LogP contribution in [0.15, 0.2) is 24.3 Å². The molecule has 1 aliphatic heterocycles. The molecule has 4 nitrogen and oxygen atoms in total. The second-order valence-corrected chi connectivity index (χ2v) is 6.26. The summed E-state index contributed by atoms with van der Waals surface area (Å²) in [6.45, 7) is 4.03. The van der Waals surface area contributed by atoms with Gasteiger partial charge in [-0.05, 0) is 12.5 Å². The fraction of sp³-hybridized carbons (Fsp3) is 0.533. The van der Waals surface area contributed by atoms with Crippen LogP contribution >= 0.6 is 24.2 Å². The third kappa shape index (κ3) is 6.26. The summed E-state index contributed by atoms with van der Waals surface area (Å²) in [4.78, 5) is 11.7. The predicted molar refractivity (Wildman–Crippen MR) is 90.0 cm³/mol. The number of β-amino-alcohol motifs (C(OH)–C–C–N with tert-alkyl or cyclic N) is 1. The Hall–Kier alpha value is -0.750. The number of carbonyl (C=O) groups is 1. The summed E-state index contributed by atoms with van der Waals surface area (Å²) < 4.78 is 0. The number of hydrogen-bond donors (Lipinski definition) is 3. The first kappa shape index (κ1) is 18.3. The molecule has 3 N–H and O–H groups in total. The van der Waals surface area contributed by atoms with Crippen molar-refractivity contribution in [3.8, 4) is 0 Å².